The van der Waals surface area contributed by atoms with E-state index in [1.54, 1.807) is 7.11 Å². The predicted molar refractivity (Wildman–Crippen MR) is 63.3 cm³/mol. The van der Waals surface area contributed by atoms with Gasteiger partial charge in [0.2, 0.25) is 0 Å². The fourth-order valence-electron chi connectivity index (χ4n) is 1.99. The van der Waals surface area contributed by atoms with E-state index in [0.717, 1.165) is 19.3 Å². The third kappa shape index (κ3) is 2.51. The highest BCUT2D eigenvalue weighted by atomic mass is 16.5. The molecule has 1 aliphatic carbocycles. The van der Waals surface area contributed by atoms with Gasteiger partial charge in [0.1, 0.15) is 0 Å². The van der Waals surface area contributed by atoms with Crippen molar-refractivity contribution in [1.82, 2.24) is 0 Å². The fourth-order valence-corrected chi connectivity index (χ4v) is 1.99. The molecule has 0 aromatic heterocycles. The number of benzene rings is 1. The second kappa shape index (κ2) is 4.67. The molecule has 0 atom stereocenters. The zero-order valence-corrected chi connectivity index (χ0v) is 9.49. The Morgan fingerprint density at radius 1 is 1.40 bits per heavy atom. The fraction of sp³-hybridized carbons (Fsp3) is 0.538. The minimum absolute atomic E-state index is 0.469. The van der Waals surface area contributed by atoms with Crippen LogP contribution >= 0.6 is 0 Å². The number of ether oxygens (including phenoxy) is 1. The van der Waals surface area contributed by atoms with E-state index in [4.69, 9.17) is 4.74 Å². The molecule has 1 saturated carbocycles. The summed E-state index contributed by atoms with van der Waals surface area (Å²) < 4.78 is 5.26. The molecule has 0 radical (unpaired) electrons. The van der Waals surface area contributed by atoms with Crippen LogP contribution in [0, 0.1) is 0 Å². The van der Waals surface area contributed by atoms with Crippen LogP contribution in [0.5, 0.6) is 0 Å². The largest absolute Gasteiger partial charge is 0.382 e. The van der Waals surface area contributed by atoms with E-state index in [0.29, 0.717) is 12.1 Å². The standard InChI is InChI=1S/C13H19NO/c1-3-10-5-4-6-11(7-10)14-12-8-13(9-12)15-2/h4-7,12-14H,3,8-9H2,1-2H3. The summed E-state index contributed by atoms with van der Waals surface area (Å²) in [6.45, 7) is 2.18. The van der Waals surface area contributed by atoms with Crippen LogP contribution in [0.4, 0.5) is 5.69 Å². The summed E-state index contributed by atoms with van der Waals surface area (Å²) in [6.07, 6.45) is 3.83. The van der Waals surface area contributed by atoms with Gasteiger partial charge in [-0.15, -0.1) is 0 Å². The number of hydrogen-bond donors (Lipinski definition) is 1. The van der Waals surface area contributed by atoms with Crippen molar-refractivity contribution in [2.75, 3.05) is 12.4 Å². The molecule has 2 nitrogen and oxygen atoms in total. The molecule has 1 aliphatic rings. The molecule has 0 amide bonds. The Kier molecular flexibility index (Phi) is 3.27. The summed E-state index contributed by atoms with van der Waals surface area (Å²) in [5, 5.41) is 3.54. The first-order chi connectivity index (χ1) is 7.31. The third-order valence-corrected chi connectivity index (χ3v) is 3.13. The number of rotatable bonds is 4. The van der Waals surface area contributed by atoms with E-state index in [2.05, 4.69) is 36.5 Å². The molecular formula is C13H19NO. The summed E-state index contributed by atoms with van der Waals surface area (Å²) in [4.78, 5) is 0. The number of aryl methyl sites for hydroxylation is 1. The Morgan fingerprint density at radius 2 is 2.20 bits per heavy atom. The van der Waals surface area contributed by atoms with Crippen LogP contribution < -0.4 is 5.32 Å². The van der Waals surface area contributed by atoms with Crippen molar-refractivity contribution < 1.29 is 4.74 Å². The maximum Gasteiger partial charge on any atom is 0.0610 e. The number of methoxy groups -OCH3 is 1. The molecular weight excluding hydrogens is 186 g/mol. The second-order valence-electron chi connectivity index (χ2n) is 4.22. The van der Waals surface area contributed by atoms with E-state index in [1.165, 1.54) is 11.3 Å². The Bertz CT molecular complexity index is 318. The minimum atomic E-state index is 0.469. The maximum atomic E-state index is 5.26. The van der Waals surface area contributed by atoms with Crippen LogP contribution in [-0.2, 0) is 11.2 Å². The van der Waals surface area contributed by atoms with Gasteiger partial charge in [0.05, 0.1) is 6.10 Å². The Balaban J connectivity index is 1.88. The van der Waals surface area contributed by atoms with Crippen molar-refractivity contribution in [2.24, 2.45) is 0 Å². The molecule has 15 heavy (non-hydrogen) atoms. The topological polar surface area (TPSA) is 21.3 Å². The third-order valence-electron chi connectivity index (χ3n) is 3.13. The van der Waals surface area contributed by atoms with Crippen LogP contribution in [0.3, 0.4) is 0 Å². The molecule has 2 rings (SSSR count). The smallest absolute Gasteiger partial charge is 0.0610 e. The monoisotopic (exact) mass is 205 g/mol. The number of nitrogens with one attached hydrogen (secondary N) is 1. The van der Waals surface area contributed by atoms with Gasteiger partial charge in [-0.3, -0.25) is 0 Å². The molecule has 0 bridgehead atoms. The molecule has 1 aromatic rings. The predicted octanol–water partition coefficient (Wildman–Crippen LogP) is 2.84. The van der Waals surface area contributed by atoms with Gasteiger partial charge in [0, 0.05) is 18.8 Å². The zero-order chi connectivity index (χ0) is 10.7. The quantitative estimate of drug-likeness (QED) is 0.816. The molecule has 1 N–H and O–H groups in total. The summed E-state index contributed by atoms with van der Waals surface area (Å²) >= 11 is 0. The minimum Gasteiger partial charge on any atom is -0.382 e. The Labute approximate surface area is 91.6 Å². The summed E-state index contributed by atoms with van der Waals surface area (Å²) in [5.74, 6) is 0. The van der Waals surface area contributed by atoms with E-state index in [9.17, 15) is 0 Å². The van der Waals surface area contributed by atoms with Gasteiger partial charge in [0.15, 0.2) is 0 Å². The number of hydrogen-bond acceptors (Lipinski definition) is 2. The lowest BCUT2D eigenvalue weighted by molar-refractivity contribution is 0.0329. The van der Waals surface area contributed by atoms with E-state index in [1.807, 2.05) is 0 Å². The molecule has 82 valence electrons. The molecule has 1 fully saturated rings. The lowest BCUT2D eigenvalue weighted by Gasteiger charge is -2.35. The van der Waals surface area contributed by atoms with Crippen LogP contribution in [0.15, 0.2) is 24.3 Å². The van der Waals surface area contributed by atoms with Crippen LogP contribution in [0.25, 0.3) is 0 Å². The summed E-state index contributed by atoms with van der Waals surface area (Å²) in [7, 11) is 1.79. The first kappa shape index (κ1) is 10.5. The first-order valence-corrected chi connectivity index (χ1v) is 5.70. The van der Waals surface area contributed by atoms with Gasteiger partial charge in [-0.1, -0.05) is 19.1 Å². The summed E-state index contributed by atoms with van der Waals surface area (Å²) in [6, 6.07) is 9.26. The van der Waals surface area contributed by atoms with E-state index >= 15 is 0 Å². The van der Waals surface area contributed by atoms with Crippen molar-refractivity contribution in [3.63, 3.8) is 0 Å². The van der Waals surface area contributed by atoms with Crippen molar-refractivity contribution >= 4 is 5.69 Å². The van der Waals surface area contributed by atoms with Crippen molar-refractivity contribution in [2.45, 2.75) is 38.3 Å². The first-order valence-electron chi connectivity index (χ1n) is 5.70. The van der Waals surface area contributed by atoms with Crippen molar-refractivity contribution in [3.05, 3.63) is 29.8 Å². The van der Waals surface area contributed by atoms with Gasteiger partial charge in [-0.25, -0.2) is 0 Å². The van der Waals surface area contributed by atoms with Crippen LogP contribution in [-0.4, -0.2) is 19.3 Å². The molecule has 0 heterocycles. The number of anilines is 1. The maximum absolute atomic E-state index is 5.26. The second-order valence-corrected chi connectivity index (χ2v) is 4.22. The van der Waals surface area contributed by atoms with Gasteiger partial charge < -0.3 is 10.1 Å². The van der Waals surface area contributed by atoms with Gasteiger partial charge in [-0.05, 0) is 37.0 Å². The van der Waals surface area contributed by atoms with Crippen LogP contribution in [0.2, 0.25) is 0 Å². The normalized spacial score (nSPS) is 24.7. The van der Waals surface area contributed by atoms with Crippen molar-refractivity contribution in [3.8, 4) is 0 Å². The van der Waals surface area contributed by atoms with Crippen LogP contribution in [0.1, 0.15) is 25.3 Å². The van der Waals surface area contributed by atoms with Crippen molar-refractivity contribution in [1.29, 1.82) is 0 Å². The SMILES string of the molecule is CCc1cccc(NC2CC(OC)C2)c1. The lowest BCUT2D eigenvalue weighted by Crippen LogP contribution is -2.40. The molecule has 0 unspecified atom stereocenters. The average Bonchev–Trinajstić information content (AvgIpc) is 2.23. The average molecular weight is 205 g/mol. The lowest BCUT2D eigenvalue weighted by atomic mass is 9.89. The zero-order valence-electron chi connectivity index (χ0n) is 9.49. The van der Waals surface area contributed by atoms with Gasteiger partial charge >= 0.3 is 0 Å². The van der Waals surface area contributed by atoms with Gasteiger partial charge in [0.25, 0.3) is 0 Å². The molecule has 2 heteroatoms. The highest BCUT2D eigenvalue weighted by Crippen LogP contribution is 2.26. The molecule has 0 saturated heterocycles. The highest BCUT2D eigenvalue weighted by Gasteiger charge is 2.28. The Morgan fingerprint density at radius 3 is 2.87 bits per heavy atom. The summed E-state index contributed by atoms with van der Waals surface area (Å²) in [5.41, 5.74) is 2.64. The molecule has 0 aliphatic heterocycles. The Hall–Kier alpha value is -1.02. The van der Waals surface area contributed by atoms with E-state index < -0.39 is 0 Å². The highest BCUT2D eigenvalue weighted by molar-refractivity contribution is 5.47. The van der Waals surface area contributed by atoms with E-state index in [-0.39, 0.29) is 0 Å². The van der Waals surface area contributed by atoms with Gasteiger partial charge in [-0.2, -0.15) is 0 Å². The molecule has 0 spiro atoms. The molecule has 1 aromatic carbocycles.